The third-order valence-electron chi connectivity index (χ3n) is 5.48. The third-order valence-corrected chi connectivity index (χ3v) is 5.48. The van der Waals surface area contributed by atoms with Crippen LogP contribution in [0.25, 0.3) is 0 Å². The van der Waals surface area contributed by atoms with Gasteiger partial charge in [0.25, 0.3) is 0 Å². The summed E-state index contributed by atoms with van der Waals surface area (Å²) in [5, 5.41) is 10.4. The maximum atomic E-state index is 14.1. The van der Waals surface area contributed by atoms with E-state index in [0.717, 1.165) is 18.7 Å². The molecule has 2 fully saturated rings. The molecule has 0 aliphatic carbocycles. The van der Waals surface area contributed by atoms with E-state index in [1.165, 1.54) is 6.20 Å². The lowest BCUT2D eigenvalue weighted by Crippen LogP contribution is -2.42. The number of hydrogen-bond donors (Lipinski definition) is 2. The first kappa shape index (κ1) is 18.9. The zero-order chi connectivity index (χ0) is 19.5. The molecule has 1 amide bonds. The van der Waals surface area contributed by atoms with E-state index in [1.807, 2.05) is 6.92 Å². The monoisotopic (exact) mass is 388 g/mol. The summed E-state index contributed by atoms with van der Waals surface area (Å²) in [6.07, 6.45) is 5.02. The highest BCUT2D eigenvalue weighted by molar-refractivity contribution is 5.79. The highest BCUT2D eigenvalue weighted by Gasteiger charge is 2.37. The van der Waals surface area contributed by atoms with Gasteiger partial charge in [-0.15, -0.1) is 0 Å². The van der Waals surface area contributed by atoms with Crippen LogP contribution in [0.1, 0.15) is 42.5 Å². The Kier molecular flexibility index (Phi) is 5.63. The highest BCUT2D eigenvalue weighted by atomic mass is 19.1. The van der Waals surface area contributed by atoms with E-state index < -0.39 is 0 Å². The van der Waals surface area contributed by atoms with Crippen molar-refractivity contribution in [1.82, 2.24) is 30.4 Å². The number of aryl methyl sites for hydroxylation is 1. The fourth-order valence-electron chi connectivity index (χ4n) is 3.99. The Bertz CT molecular complexity index is 822. The molecule has 28 heavy (non-hydrogen) atoms. The number of amides is 1. The molecule has 0 saturated carbocycles. The average molecular weight is 388 g/mol. The molecular formula is C19H25FN6O2. The SMILES string of the molecule is Cc1nc([C@@H]2C[C@H](NC(=O)C3CCOCC3)CN2Cc2ccncc2F)n[nH]1. The first-order valence-corrected chi connectivity index (χ1v) is 9.69. The van der Waals surface area contributed by atoms with Gasteiger partial charge in [0.15, 0.2) is 5.82 Å². The van der Waals surface area contributed by atoms with Gasteiger partial charge in [0.05, 0.1) is 12.2 Å². The molecule has 0 radical (unpaired) electrons. The van der Waals surface area contributed by atoms with E-state index in [-0.39, 0.29) is 29.7 Å². The second-order valence-electron chi connectivity index (χ2n) is 7.52. The zero-order valence-corrected chi connectivity index (χ0v) is 15.9. The summed E-state index contributed by atoms with van der Waals surface area (Å²) in [4.78, 5) is 23.0. The molecule has 2 aromatic heterocycles. The molecule has 0 unspecified atom stereocenters. The van der Waals surface area contributed by atoms with Crippen molar-refractivity contribution < 1.29 is 13.9 Å². The number of carbonyl (C=O) groups is 1. The van der Waals surface area contributed by atoms with E-state index in [4.69, 9.17) is 4.74 Å². The number of aromatic amines is 1. The van der Waals surface area contributed by atoms with E-state index in [2.05, 4.69) is 30.4 Å². The van der Waals surface area contributed by atoms with Crippen molar-refractivity contribution in [3.63, 3.8) is 0 Å². The van der Waals surface area contributed by atoms with Gasteiger partial charge in [-0.3, -0.25) is 19.8 Å². The van der Waals surface area contributed by atoms with Crippen LogP contribution in [-0.2, 0) is 16.1 Å². The van der Waals surface area contributed by atoms with Crippen molar-refractivity contribution in [3.8, 4) is 0 Å². The van der Waals surface area contributed by atoms with Gasteiger partial charge in [0, 0.05) is 50.0 Å². The fourth-order valence-corrected chi connectivity index (χ4v) is 3.99. The minimum atomic E-state index is -0.331. The quantitative estimate of drug-likeness (QED) is 0.806. The summed E-state index contributed by atoms with van der Waals surface area (Å²) < 4.78 is 19.5. The topological polar surface area (TPSA) is 96.0 Å². The number of ether oxygens (including phenoxy) is 1. The first-order valence-electron chi connectivity index (χ1n) is 9.69. The van der Waals surface area contributed by atoms with Crippen molar-refractivity contribution in [2.45, 2.75) is 44.8 Å². The molecule has 2 aromatic rings. The van der Waals surface area contributed by atoms with Crippen LogP contribution in [0.5, 0.6) is 0 Å². The number of rotatable bonds is 5. The Morgan fingerprint density at radius 2 is 2.25 bits per heavy atom. The molecule has 2 N–H and O–H groups in total. The van der Waals surface area contributed by atoms with Gasteiger partial charge in [-0.05, 0) is 32.3 Å². The Hall–Kier alpha value is -2.39. The van der Waals surface area contributed by atoms with Crippen LogP contribution in [0.2, 0.25) is 0 Å². The van der Waals surface area contributed by atoms with Gasteiger partial charge in [-0.1, -0.05) is 0 Å². The number of likely N-dealkylation sites (tertiary alicyclic amines) is 1. The molecule has 2 atom stereocenters. The summed E-state index contributed by atoms with van der Waals surface area (Å²) in [6, 6.07) is 1.57. The number of nitrogens with one attached hydrogen (secondary N) is 2. The largest absolute Gasteiger partial charge is 0.381 e. The summed E-state index contributed by atoms with van der Waals surface area (Å²) in [7, 11) is 0. The number of halogens is 1. The predicted octanol–water partition coefficient (Wildman–Crippen LogP) is 1.51. The molecule has 8 nitrogen and oxygen atoms in total. The molecule has 0 spiro atoms. The van der Waals surface area contributed by atoms with Crippen molar-refractivity contribution in [2.75, 3.05) is 19.8 Å². The second kappa shape index (κ2) is 8.32. The zero-order valence-electron chi connectivity index (χ0n) is 15.9. The van der Waals surface area contributed by atoms with Gasteiger partial charge < -0.3 is 10.1 Å². The highest BCUT2D eigenvalue weighted by Crippen LogP contribution is 2.32. The van der Waals surface area contributed by atoms with Crippen LogP contribution in [0.4, 0.5) is 4.39 Å². The molecule has 2 aliphatic heterocycles. The minimum absolute atomic E-state index is 0.00430. The average Bonchev–Trinajstić information content (AvgIpc) is 3.30. The Balaban J connectivity index is 1.48. The van der Waals surface area contributed by atoms with E-state index in [0.29, 0.717) is 44.1 Å². The standard InChI is InChI=1S/C19H25FN6O2/c1-12-22-18(25-24-12)17-8-15(23-19(27)13-3-6-28-7-4-13)11-26(17)10-14-2-5-21-9-16(14)20/h2,5,9,13,15,17H,3-4,6-8,10-11H2,1H3,(H,23,27)(H,22,24,25)/t15-,17-/m0/s1. The van der Waals surface area contributed by atoms with E-state index >= 15 is 0 Å². The summed E-state index contributed by atoms with van der Waals surface area (Å²) >= 11 is 0. The predicted molar refractivity (Wildman–Crippen MR) is 98.6 cm³/mol. The van der Waals surface area contributed by atoms with Crippen molar-refractivity contribution in [3.05, 3.63) is 41.5 Å². The Labute approximate surface area is 162 Å². The summed E-state index contributed by atoms with van der Waals surface area (Å²) in [5.41, 5.74) is 0.573. The van der Waals surface area contributed by atoms with Gasteiger partial charge in [0.1, 0.15) is 11.6 Å². The maximum Gasteiger partial charge on any atom is 0.223 e. The normalized spacial score (nSPS) is 23.8. The Morgan fingerprint density at radius 1 is 1.43 bits per heavy atom. The number of hydrogen-bond acceptors (Lipinski definition) is 6. The molecule has 150 valence electrons. The molecule has 2 saturated heterocycles. The molecule has 0 aromatic carbocycles. The second-order valence-corrected chi connectivity index (χ2v) is 7.52. The smallest absolute Gasteiger partial charge is 0.223 e. The minimum Gasteiger partial charge on any atom is -0.381 e. The molecular weight excluding hydrogens is 363 g/mol. The van der Waals surface area contributed by atoms with Gasteiger partial charge in [-0.25, -0.2) is 9.37 Å². The lowest BCUT2D eigenvalue weighted by molar-refractivity contribution is -0.128. The Morgan fingerprint density at radius 3 is 2.96 bits per heavy atom. The number of nitrogens with zero attached hydrogens (tertiary/aromatic N) is 4. The maximum absolute atomic E-state index is 14.1. The lowest BCUT2D eigenvalue weighted by Gasteiger charge is -2.23. The van der Waals surface area contributed by atoms with Crippen molar-refractivity contribution >= 4 is 5.91 Å². The third kappa shape index (κ3) is 4.20. The van der Waals surface area contributed by atoms with Crippen LogP contribution >= 0.6 is 0 Å². The van der Waals surface area contributed by atoms with Crippen molar-refractivity contribution in [2.24, 2.45) is 5.92 Å². The van der Waals surface area contributed by atoms with E-state index in [9.17, 15) is 9.18 Å². The molecule has 4 rings (SSSR count). The van der Waals surface area contributed by atoms with Crippen LogP contribution in [0, 0.1) is 18.7 Å². The van der Waals surface area contributed by atoms with Gasteiger partial charge >= 0.3 is 0 Å². The van der Waals surface area contributed by atoms with Crippen LogP contribution < -0.4 is 5.32 Å². The summed E-state index contributed by atoms with van der Waals surface area (Å²) in [6.45, 7) is 4.15. The van der Waals surface area contributed by atoms with Crippen LogP contribution in [-0.4, -0.2) is 56.8 Å². The van der Waals surface area contributed by atoms with Gasteiger partial charge in [0.2, 0.25) is 5.91 Å². The molecule has 4 heterocycles. The van der Waals surface area contributed by atoms with Crippen LogP contribution in [0.3, 0.4) is 0 Å². The molecule has 2 aliphatic rings. The fraction of sp³-hybridized carbons (Fsp3) is 0.579. The number of carbonyl (C=O) groups excluding carboxylic acids is 1. The first-order chi connectivity index (χ1) is 13.6. The summed E-state index contributed by atoms with van der Waals surface area (Å²) in [5.74, 6) is 1.16. The number of aromatic nitrogens is 4. The van der Waals surface area contributed by atoms with Crippen molar-refractivity contribution in [1.29, 1.82) is 0 Å². The number of pyridine rings is 1. The molecule has 9 heteroatoms. The number of H-pyrrole nitrogens is 1. The molecule has 0 bridgehead atoms. The lowest BCUT2D eigenvalue weighted by atomic mass is 9.99. The van der Waals surface area contributed by atoms with E-state index in [1.54, 1.807) is 12.3 Å². The van der Waals surface area contributed by atoms with Crippen LogP contribution in [0.15, 0.2) is 18.5 Å². The van der Waals surface area contributed by atoms with Gasteiger partial charge in [-0.2, -0.15) is 5.10 Å².